The second kappa shape index (κ2) is 10.7. The minimum atomic E-state index is -0.297. The highest BCUT2D eigenvalue weighted by molar-refractivity contribution is 6.00. The third-order valence-corrected chi connectivity index (χ3v) is 5.78. The van der Waals surface area contributed by atoms with Crippen LogP contribution in [-0.2, 0) is 11.3 Å². The van der Waals surface area contributed by atoms with Crippen LogP contribution in [0.5, 0.6) is 0 Å². The summed E-state index contributed by atoms with van der Waals surface area (Å²) in [5.41, 5.74) is 4.23. The average Bonchev–Trinajstić information content (AvgIpc) is 2.91. The van der Waals surface area contributed by atoms with Gasteiger partial charge in [-0.3, -0.25) is 24.6 Å². The van der Waals surface area contributed by atoms with Crippen LogP contribution in [0.25, 0.3) is 10.9 Å². The maximum atomic E-state index is 13.4. The highest BCUT2D eigenvalue weighted by atomic mass is 16.2. The summed E-state index contributed by atoms with van der Waals surface area (Å²) in [6.45, 7) is 0.704. The summed E-state index contributed by atoms with van der Waals surface area (Å²) in [4.78, 5) is 29.2. The SMILES string of the molecule is O=C(CN(Cc1ccccc1)C(c1ccccn1)c1ccccn1)Nc1cccc2cccnc12. The van der Waals surface area contributed by atoms with Crippen LogP contribution in [0.2, 0.25) is 0 Å². The first-order valence-corrected chi connectivity index (χ1v) is 11.5. The van der Waals surface area contributed by atoms with E-state index < -0.39 is 0 Å². The van der Waals surface area contributed by atoms with Gasteiger partial charge in [0.25, 0.3) is 0 Å². The van der Waals surface area contributed by atoms with Gasteiger partial charge in [0.15, 0.2) is 0 Å². The Balaban J connectivity index is 1.49. The average molecular weight is 460 g/mol. The molecule has 0 radical (unpaired) electrons. The number of hydrogen-bond acceptors (Lipinski definition) is 5. The Labute approximate surface area is 204 Å². The molecule has 0 aliphatic rings. The van der Waals surface area contributed by atoms with E-state index in [1.807, 2.05) is 84.9 Å². The molecule has 5 rings (SSSR count). The number of carbonyl (C=O) groups is 1. The van der Waals surface area contributed by atoms with Crippen molar-refractivity contribution in [1.82, 2.24) is 19.9 Å². The molecule has 35 heavy (non-hydrogen) atoms. The summed E-state index contributed by atoms with van der Waals surface area (Å²) in [5, 5.41) is 4.05. The van der Waals surface area contributed by atoms with Gasteiger partial charge < -0.3 is 5.32 Å². The van der Waals surface area contributed by atoms with E-state index in [1.54, 1.807) is 18.6 Å². The number of anilines is 1. The van der Waals surface area contributed by atoms with Crippen molar-refractivity contribution in [2.24, 2.45) is 0 Å². The number of para-hydroxylation sites is 1. The van der Waals surface area contributed by atoms with Crippen LogP contribution in [0.15, 0.2) is 116 Å². The lowest BCUT2D eigenvalue weighted by molar-refractivity contribution is -0.117. The fourth-order valence-corrected chi connectivity index (χ4v) is 4.24. The van der Waals surface area contributed by atoms with Crippen molar-refractivity contribution < 1.29 is 4.79 Å². The third kappa shape index (κ3) is 5.39. The van der Waals surface area contributed by atoms with Gasteiger partial charge in [0, 0.05) is 30.5 Å². The summed E-state index contributed by atoms with van der Waals surface area (Å²) >= 11 is 0. The van der Waals surface area contributed by atoms with E-state index in [0.717, 1.165) is 27.9 Å². The molecular weight excluding hydrogens is 434 g/mol. The second-order valence-corrected chi connectivity index (χ2v) is 8.23. The molecule has 0 atom stereocenters. The van der Waals surface area contributed by atoms with E-state index in [-0.39, 0.29) is 18.5 Å². The summed E-state index contributed by atoms with van der Waals surface area (Å²) in [6, 6.07) is 31.1. The van der Waals surface area contributed by atoms with Crippen LogP contribution in [0.3, 0.4) is 0 Å². The fourth-order valence-electron chi connectivity index (χ4n) is 4.24. The van der Waals surface area contributed by atoms with Crippen molar-refractivity contribution in [3.05, 3.63) is 133 Å². The molecule has 5 aromatic rings. The zero-order valence-electron chi connectivity index (χ0n) is 19.2. The predicted octanol–water partition coefficient (Wildman–Crippen LogP) is 5.26. The van der Waals surface area contributed by atoms with E-state index in [0.29, 0.717) is 12.2 Å². The van der Waals surface area contributed by atoms with Gasteiger partial charge >= 0.3 is 0 Å². The van der Waals surface area contributed by atoms with Gasteiger partial charge in [-0.1, -0.05) is 60.7 Å². The van der Waals surface area contributed by atoms with E-state index >= 15 is 0 Å². The molecule has 6 heteroatoms. The van der Waals surface area contributed by atoms with Crippen LogP contribution in [-0.4, -0.2) is 32.3 Å². The number of nitrogens with one attached hydrogen (secondary N) is 1. The Hall–Kier alpha value is -4.42. The van der Waals surface area contributed by atoms with Crippen molar-refractivity contribution in [2.45, 2.75) is 12.6 Å². The standard InChI is InChI=1S/C29H25N5O/c35-27(33-24-16-8-12-23-13-9-19-32-28(23)24)21-34(20-22-10-2-1-3-11-22)29(25-14-4-6-17-30-25)26-15-5-7-18-31-26/h1-19,29H,20-21H2,(H,33,35). The number of pyridine rings is 3. The monoisotopic (exact) mass is 459 g/mol. The number of amides is 1. The maximum absolute atomic E-state index is 13.4. The van der Waals surface area contributed by atoms with E-state index in [9.17, 15) is 4.79 Å². The Morgan fingerprint density at radius 1 is 0.714 bits per heavy atom. The van der Waals surface area contributed by atoms with Gasteiger partial charge in [0.05, 0.1) is 35.2 Å². The number of hydrogen-bond donors (Lipinski definition) is 1. The van der Waals surface area contributed by atoms with Crippen molar-refractivity contribution >= 4 is 22.5 Å². The predicted molar refractivity (Wildman–Crippen MR) is 138 cm³/mol. The zero-order valence-corrected chi connectivity index (χ0v) is 19.2. The molecule has 0 saturated carbocycles. The molecule has 6 nitrogen and oxygen atoms in total. The number of fused-ring (bicyclic) bond motifs is 1. The lowest BCUT2D eigenvalue weighted by atomic mass is 10.0. The molecule has 2 aromatic carbocycles. The quantitative estimate of drug-likeness (QED) is 0.343. The van der Waals surface area contributed by atoms with Crippen LogP contribution >= 0.6 is 0 Å². The lowest BCUT2D eigenvalue weighted by Crippen LogP contribution is -2.37. The van der Waals surface area contributed by atoms with Gasteiger partial charge in [-0.15, -0.1) is 0 Å². The molecule has 0 saturated heterocycles. The minimum Gasteiger partial charge on any atom is -0.323 e. The Kier molecular flexibility index (Phi) is 6.82. The number of rotatable bonds is 8. The molecule has 3 heterocycles. The third-order valence-electron chi connectivity index (χ3n) is 5.78. The molecule has 0 fully saturated rings. The van der Waals surface area contributed by atoms with Gasteiger partial charge in [-0.2, -0.15) is 0 Å². The number of benzene rings is 2. The van der Waals surface area contributed by atoms with Crippen LogP contribution in [0.1, 0.15) is 23.0 Å². The van der Waals surface area contributed by atoms with Crippen molar-refractivity contribution in [1.29, 1.82) is 0 Å². The van der Waals surface area contributed by atoms with E-state index in [2.05, 4.69) is 37.3 Å². The first-order chi connectivity index (χ1) is 17.3. The number of nitrogens with zero attached hydrogens (tertiary/aromatic N) is 4. The fraction of sp³-hybridized carbons (Fsp3) is 0.103. The zero-order chi connectivity index (χ0) is 23.9. The number of aromatic nitrogens is 3. The summed E-state index contributed by atoms with van der Waals surface area (Å²) < 4.78 is 0. The Bertz CT molecular complexity index is 1350. The molecule has 1 amide bonds. The second-order valence-electron chi connectivity index (χ2n) is 8.23. The van der Waals surface area contributed by atoms with E-state index in [4.69, 9.17) is 0 Å². The molecule has 0 aliphatic carbocycles. The summed E-state index contributed by atoms with van der Waals surface area (Å²) in [7, 11) is 0. The first-order valence-electron chi connectivity index (χ1n) is 11.5. The molecule has 0 unspecified atom stereocenters. The molecule has 3 aromatic heterocycles. The molecule has 0 spiro atoms. The highest BCUT2D eigenvalue weighted by Crippen LogP contribution is 2.28. The van der Waals surface area contributed by atoms with Gasteiger partial charge in [0.2, 0.25) is 5.91 Å². The topological polar surface area (TPSA) is 71.0 Å². The highest BCUT2D eigenvalue weighted by Gasteiger charge is 2.27. The van der Waals surface area contributed by atoms with Crippen LogP contribution in [0.4, 0.5) is 5.69 Å². The maximum Gasteiger partial charge on any atom is 0.238 e. The number of carbonyl (C=O) groups excluding carboxylic acids is 1. The van der Waals surface area contributed by atoms with Crippen molar-refractivity contribution in [3.8, 4) is 0 Å². The van der Waals surface area contributed by atoms with Crippen LogP contribution in [0, 0.1) is 0 Å². The van der Waals surface area contributed by atoms with E-state index in [1.165, 1.54) is 0 Å². The smallest absolute Gasteiger partial charge is 0.238 e. The molecule has 1 N–H and O–H groups in total. The van der Waals surface area contributed by atoms with Crippen molar-refractivity contribution in [2.75, 3.05) is 11.9 Å². The minimum absolute atomic E-state index is 0.129. The summed E-state index contributed by atoms with van der Waals surface area (Å²) in [5.74, 6) is -0.129. The summed E-state index contributed by atoms with van der Waals surface area (Å²) in [6.07, 6.45) is 5.28. The largest absolute Gasteiger partial charge is 0.323 e. The molecule has 172 valence electrons. The normalized spacial score (nSPS) is 11.1. The van der Waals surface area contributed by atoms with Gasteiger partial charge in [-0.05, 0) is 42.0 Å². The van der Waals surface area contributed by atoms with Crippen molar-refractivity contribution in [3.63, 3.8) is 0 Å². The molecule has 0 bridgehead atoms. The Morgan fingerprint density at radius 2 is 1.37 bits per heavy atom. The van der Waals surface area contributed by atoms with Crippen LogP contribution < -0.4 is 5.32 Å². The molecule has 0 aliphatic heterocycles. The Morgan fingerprint density at radius 3 is 2.06 bits per heavy atom. The first kappa shape index (κ1) is 22.4. The lowest BCUT2D eigenvalue weighted by Gasteiger charge is -2.30. The van der Waals surface area contributed by atoms with Gasteiger partial charge in [-0.25, -0.2) is 0 Å². The van der Waals surface area contributed by atoms with Gasteiger partial charge in [0.1, 0.15) is 0 Å². The molecular formula is C29H25N5O.